The van der Waals surface area contributed by atoms with Gasteiger partial charge in [-0.05, 0) is 81.7 Å². The van der Waals surface area contributed by atoms with Gasteiger partial charge in [0, 0.05) is 24.0 Å². The fraction of sp³-hybridized carbons (Fsp3) is 0.304. The second kappa shape index (κ2) is 7.15. The molecule has 1 aliphatic heterocycles. The fourth-order valence-corrected chi connectivity index (χ4v) is 3.88. The Morgan fingerprint density at radius 2 is 1.93 bits per heavy atom. The Labute approximate surface area is 165 Å². The summed E-state index contributed by atoms with van der Waals surface area (Å²) in [6.45, 7) is 11.7. The lowest BCUT2D eigenvalue weighted by molar-refractivity contribution is 0.0694. The van der Waals surface area contributed by atoms with Gasteiger partial charge in [0.2, 0.25) is 0 Å². The smallest absolute Gasteiger partial charge is 0.339 e. The molecule has 0 unspecified atom stereocenters. The van der Waals surface area contributed by atoms with E-state index < -0.39 is 5.97 Å². The third-order valence-corrected chi connectivity index (χ3v) is 5.24. The molecule has 0 radical (unpaired) electrons. The van der Waals surface area contributed by atoms with Crippen LogP contribution in [0.4, 0.5) is 11.4 Å². The number of aryl methyl sites for hydroxylation is 1. The third kappa shape index (κ3) is 3.52. The molecule has 0 saturated carbocycles. The van der Waals surface area contributed by atoms with Gasteiger partial charge in [-0.3, -0.25) is 4.99 Å². The van der Waals surface area contributed by atoms with Crippen molar-refractivity contribution < 1.29 is 15.0 Å². The van der Waals surface area contributed by atoms with Crippen LogP contribution in [0.1, 0.15) is 54.7 Å². The number of hydrogen-bond acceptors (Lipinski definition) is 4. The van der Waals surface area contributed by atoms with E-state index in [9.17, 15) is 9.90 Å². The Bertz CT molecular complexity index is 1000. The van der Waals surface area contributed by atoms with Gasteiger partial charge in [0.25, 0.3) is 0 Å². The van der Waals surface area contributed by atoms with Crippen molar-refractivity contribution in [3.63, 3.8) is 0 Å². The number of carboxylic acids is 1. The maximum atomic E-state index is 11.2. The van der Waals surface area contributed by atoms with Gasteiger partial charge in [-0.1, -0.05) is 6.08 Å². The first kappa shape index (κ1) is 19.7. The van der Waals surface area contributed by atoms with Gasteiger partial charge >= 0.3 is 5.97 Å². The average Bonchev–Trinajstić information content (AvgIpc) is 2.60. The molecule has 0 aliphatic carbocycles. The molecule has 0 fully saturated rings. The highest BCUT2D eigenvalue weighted by Crippen LogP contribution is 2.40. The van der Waals surface area contributed by atoms with Gasteiger partial charge in [0.1, 0.15) is 11.3 Å². The summed E-state index contributed by atoms with van der Waals surface area (Å²) in [4.78, 5) is 18.0. The van der Waals surface area contributed by atoms with Gasteiger partial charge in [-0.15, -0.1) is 0 Å². The number of aromatic hydroxyl groups is 1. The molecular weight excluding hydrogens is 352 g/mol. The van der Waals surface area contributed by atoms with Crippen molar-refractivity contribution in [2.45, 2.75) is 40.2 Å². The van der Waals surface area contributed by atoms with Crippen LogP contribution in [0.25, 0.3) is 5.57 Å². The highest BCUT2D eigenvalue weighted by molar-refractivity contribution is 5.93. The van der Waals surface area contributed by atoms with E-state index in [1.54, 1.807) is 12.3 Å². The van der Waals surface area contributed by atoms with Crippen molar-refractivity contribution >= 4 is 29.1 Å². The molecule has 2 aromatic carbocycles. The average molecular weight is 378 g/mol. The SMILES string of the molecule is CCN1c2cc(C)c(C=Nc3ccc(O)c(C(=O)O)c3)cc2C(C)=CC1(C)C. The molecule has 0 saturated heterocycles. The number of benzene rings is 2. The molecule has 0 aromatic heterocycles. The van der Waals surface area contributed by atoms with Crippen LogP contribution < -0.4 is 4.90 Å². The Hall–Kier alpha value is -3.08. The second-order valence-electron chi connectivity index (χ2n) is 7.72. The molecule has 1 heterocycles. The van der Waals surface area contributed by atoms with Gasteiger partial charge in [0.05, 0.1) is 11.2 Å². The number of hydrogen-bond donors (Lipinski definition) is 2. The summed E-state index contributed by atoms with van der Waals surface area (Å²) >= 11 is 0. The van der Waals surface area contributed by atoms with E-state index in [-0.39, 0.29) is 16.9 Å². The quantitative estimate of drug-likeness (QED) is 0.720. The molecule has 0 atom stereocenters. The monoisotopic (exact) mass is 378 g/mol. The standard InChI is InChI=1S/C23H26N2O3/c1-6-25-20-9-14(2)16(10-18(20)15(3)12-23(25,4)5)13-24-17-7-8-21(26)19(11-17)22(27)28/h7-13,26H,6H2,1-5H3,(H,27,28). The third-order valence-electron chi connectivity index (χ3n) is 5.24. The van der Waals surface area contributed by atoms with E-state index in [0.717, 1.165) is 17.7 Å². The minimum Gasteiger partial charge on any atom is -0.507 e. The van der Waals surface area contributed by atoms with Crippen LogP contribution in [-0.2, 0) is 0 Å². The predicted octanol–water partition coefficient (Wildman–Crippen LogP) is 5.17. The van der Waals surface area contributed by atoms with Gasteiger partial charge in [-0.2, -0.15) is 0 Å². The van der Waals surface area contributed by atoms with Crippen molar-refractivity contribution in [1.82, 2.24) is 0 Å². The number of likely N-dealkylation sites (N-methyl/N-ethyl adjacent to an activating group) is 1. The lowest BCUT2D eigenvalue weighted by Crippen LogP contribution is -2.45. The highest BCUT2D eigenvalue weighted by atomic mass is 16.4. The first-order valence-corrected chi connectivity index (χ1v) is 9.36. The Morgan fingerprint density at radius 3 is 2.57 bits per heavy atom. The van der Waals surface area contributed by atoms with Crippen LogP contribution in [0.2, 0.25) is 0 Å². The van der Waals surface area contributed by atoms with E-state index in [2.05, 4.69) is 62.7 Å². The number of fused-ring (bicyclic) bond motifs is 1. The lowest BCUT2D eigenvalue weighted by Gasteiger charge is -2.43. The molecule has 0 bridgehead atoms. The first-order chi connectivity index (χ1) is 13.1. The number of aromatic carboxylic acids is 1. The minimum absolute atomic E-state index is 0.0346. The largest absolute Gasteiger partial charge is 0.507 e. The summed E-state index contributed by atoms with van der Waals surface area (Å²) in [6.07, 6.45) is 4.03. The minimum atomic E-state index is -1.18. The van der Waals surface area contributed by atoms with Crippen LogP contribution in [0.15, 0.2) is 41.4 Å². The van der Waals surface area contributed by atoms with Crippen LogP contribution in [-0.4, -0.2) is 34.5 Å². The maximum absolute atomic E-state index is 11.2. The Morgan fingerprint density at radius 1 is 1.21 bits per heavy atom. The van der Waals surface area contributed by atoms with Crippen LogP contribution in [0.3, 0.4) is 0 Å². The van der Waals surface area contributed by atoms with Crippen molar-refractivity contribution in [2.75, 3.05) is 11.4 Å². The summed E-state index contributed by atoms with van der Waals surface area (Å²) in [6, 6.07) is 8.64. The van der Waals surface area contributed by atoms with Gasteiger partial charge < -0.3 is 15.1 Å². The van der Waals surface area contributed by atoms with E-state index in [0.29, 0.717) is 5.69 Å². The number of allylic oxidation sites excluding steroid dienone is 1. The van der Waals surface area contributed by atoms with Crippen molar-refractivity contribution in [1.29, 1.82) is 0 Å². The number of carboxylic acid groups (broad SMARTS) is 1. The highest BCUT2D eigenvalue weighted by Gasteiger charge is 2.30. The van der Waals surface area contributed by atoms with Crippen molar-refractivity contribution in [2.24, 2.45) is 4.99 Å². The number of anilines is 1. The molecule has 1 aliphatic rings. The van der Waals surface area contributed by atoms with Crippen LogP contribution in [0.5, 0.6) is 5.75 Å². The molecule has 0 spiro atoms. The van der Waals surface area contributed by atoms with Crippen molar-refractivity contribution in [3.8, 4) is 5.75 Å². The molecule has 2 aromatic rings. The lowest BCUT2D eigenvalue weighted by atomic mass is 9.87. The second-order valence-corrected chi connectivity index (χ2v) is 7.72. The zero-order valence-electron chi connectivity index (χ0n) is 16.9. The van der Waals surface area contributed by atoms with Gasteiger partial charge in [-0.25, -0.2) is 4.79 Å². The Kier molecular flexibility index (Phi) is 5.02. The Balaban J connectivity index is 2.02. The topological polar surface area (TPSA) is 73.1 Å². The number of phenols is 1. The van der Waals surface area contributed by atoms with Crippen molar-refractivity contribution in [3.05, 3.63) is 58.7 Å². The normalized spacial score (nSPS) is 15.5. The van der Waals surface area contributed by atoms with Crippen LogP contribution in [0, 0.1) is 6.92 Å². The van der Waals surface area contributed by atoms with E-state index >= 15 is 0 Å². The van der Waals surface area contributed by atoms with E-state index in [4.69, 9.17) is 5.11 Å². The molecule has 2 N–H and O–H groups in total. The van der Waals surface area contributed by atoms with E-state index in [1.165, 1.54) is 29.0 Å². The molecule has 146 valence electrons. The molecule has 3 rings (SSSR count). The maximum Gasteiger partial charge on any atom is 0.339 e. The van der Waals surface area contributed by atoms with Gasteiger partial charge in [0.15, 0.2) is 0 Å². The summed E-state index contributed by atoms with van der Waals surface area (Å²) in [5.74, 6) is -1.44. The number of rotatable bonds is 4. The first-order valence-electron chi connectivity index (χ1n) is 9.36. The molecule has 28 heavy (non-hydrogen) atoms. The zero-order chi connectivity index (χ0) is 20.6. The summed E-state index contributed by atoms with van der Waals surface area (Å²) in [7, 11) is 0. The van der Waals surface area contributed by atoms with Crippen LogP contribution >= 0.6 is 0 Å². The predicted molar refractivity (Wildman–Crippen MR) is 114 cm³/mol. The molecule has 0 amide bonds. The zero-order valence-corrected chi connectivity index (χ0v) is 16.9. The molecule has 5 nitrogen and oxygen atoms in total. The number of carbonyl (C=O) groups is 1. The van der Waals surface area contributed by atoms with E-state index in [1.807, 2.05) is 0 Å². The summed E-state index contributed by atoms with van der Waals surface area (Å²) in [5.41, 5.74) is 6.01. The number of aliphatic imine (C=N–C) groups is 1. The fourth-order valence-electron chi connectivity index (χ4n) is 3.88. The molecule has 5 heteroatoms. The molecular formula is C23H26N2O3. The summed E-state index contributed by atoms with van der Waals surface area (Å²) in [5, 5.41) is 18.8. The number of nitrogens with zero attached hydrogens (tertiary/aromatic N) is 2. The summed E-state index contributed by atoms with van der Waals surface area (Å²) < 4.78 is 0.